The van der Waals surface area contributed by atoms with Crippen LogP contribution in [0.2, 0.25) is 0 Å². The summed E-state index contributed by atoms with van der Waals surface area (Å²) in [4.78, 5) is 4.40. The first-order chi connectivity index (χ1) is 9.25. The predicted octanol–water partition coefficient (Wildman–Crippen LogP) is 1.61. The molecule has 0 aliphatic carbocycles. The summed E-state index contributed by atoms with van der Waals surface area (Å²) < 4.78 is 3.89. The average Bonchev–Trinajstić information content (AvgIpc) is 2.99. The van der Waals surface area contributed by atoms with Crippen molar-refractivity contribution in [3.8, 4) is 0 Å². The fourth-order valence-corrected chi connectivity index (χ4v) is 2.35. The number of para-hydroxylation sites is 1. The summed E-state index contributed by atoms with van der Waals surface area (Å²) in [5.41, 5.74) is 9.28. The van der Waals surface area contributed by atoms with Gasteiger partial charge in [0.1, 0.15) is 0 Å². The second-order valence-corrected chi connectivity index (χ2v) is 4.58. The van der Waals surface area contributed by atoms with Gasteiger partial charge in [-0.15, -0.1) is 5.10 Å². The number of nitrogen functional groups attached to an aromatic ring is 1. The fraction of sp³-hybridized carbons (Fsp3) is 0.308. The third-order valence-corrected chi connectivity index (χ3v) is 3.24. The van der Waals surface area contributed by atoms with E-state index >= 15 is 0 Å². The summed E-state index contributed by atoms with van der Waals surface area (Å²) in [5, 5.41) is 7.74. The minimum atomic E-state index is 0.572. The molecule has 0 atom stereocenters. The first kappa shape index (κ1) is 11.7. The Morgan fingerprint density at radius 2 is 2.16 bits per heavy atom. The Balaban J connectivity index is 1.82. The summed E-state index contributed by atoms with van der Waals surface area (Å²) in [5.74, 6) is 0.572. The molecule has 0 radical (unpaired) electrons. The van der Waals surface area contributed by atoms with Crippen molar-refractivity contribution in [1.82, 2.24) is 24.5 Å². The Labute approximate surface area is 110 Å². The van der Waals surface area contributed by atoms with Crippen LogP contribution in [0.4, 0.5) is 5.95 Å². The first-order valence-corrected chi connectivity index (χ1v) is 6.31. The van der Waals surface area contributed by atoms with Gasteiger partial charge in [-0.2, -0.15) is 0 Å². The van der Waals surface area contributed by atoms with Gasteiger partial charge in [0.2, 0.25) is 5.95 Å². The van der Waals surface area contributed by atoms with Crippen molar-refractivity contribution in [2.24, 2.45) is 0 Å². The van der Waals surface area contributed by atoms with E-state index in [-0.39, 0.29) is 0 Å². The number of anilines is 1. The lowest BCUT2D eigenvalue weighted by Crippen LogP contribution is -2.07. The van der Waals surface area contributed by atoms with E-state index in [4.69, 9.17) is 5.73 Å². The normalized spacial score (nSPS) is 11.2. The van der Waals surface area contributed by atoms with E-state index in [1.807, 2.05) is 23.0 Å². The summed E-state index contributed by atoms with van der Waals surface area (Å²) >= 11 is 0. The highest BCUT2D eigenvalue weighted by molar-refractivity contribution is 5.81. The Bertz CT molecular complexity index is 683. The Morgan fingerprint density at radius 1 is 1.26 bits per heavy atom. The number of aromatic nitrogens is 5. The monoisotopic (exact) mass is 256 g/mol. The zero-order valence-electron chi connectivity index (χ0n) is 10.8. The summed E-state index contributed by atoms with van der Waals surface area (Å²) in [6.07, 6.45) is 4.49. The van der Waals surface area contributed by atoms with Gasteiger partial charge in [-0.05, 0) is 25.0 Å². The molecule has 6 heteroatoms. The SMILES string of the molecule is Cc1cccc2nc(N)n(CCCn3ccnn3)c12. The Hall–Kier alpha value is -2.37. The molecular weight excluding hydrogens is 240 g/mol. The number of hydrogen-bond acceptors (Lipinski definition) is 4. The van der Waals surface area contributed by atoms with Crippen LogP contribution in [0.3, 0.4) is 0 Å². The maximum absolute atomic E-state index is 6.00. The maximum atomic E-state index is 6.00. The summed E-state index contributed by atoms with van der Waals surface area (Å²) in [6, 6.07) is 6.08. The molecule has 0 amide bonds. The third kappa shape index (κ3) is 2.16. The van der Waals surface area contributed by atoms with Gasteiger partial charge in [0.15, 0.2) is 0 Å². The van der Waals surface area contributed by atoms with Crippen molar-refractivity contribution in [2.45, 2.75) is 26.4 Å². The number of rotatable bonds is 4. The van der Waals surface area contributed by atoms with Crippen molar-refractivity contribution in [3.05, 3.63) is 36.2 Å². The predicted molar refractivity (Wildman–Crippen MR) is 73.5 cm³/mol. The second-order valence-electron chi connectivity index (χ2n) is 4.58. The standard InChI is InChI=1S/C13H16N6/c1-10-4-2-5-11-12(10)19(13(14)16-11)8-3-7-18-9-6-15-17-18/h2,4-6,9H,3,7-8H2,1H3,(H2,14,16). The number of fused-ring (bicyclic) bond motifs is 1. The van der Waals surface area contributed by atoms with Gasteiger partial charge in [0.05, 0.1) is 17.2 Å². The molecular formula is C13H16N6. The zero-order chi connectivity index (χ0) is 13.2. The molecule has 3 aromatic rings. The molecule has 0 saturated carbocycles. The number of nitrogens with zero attached hydrogens (tertiary/aromatic N) is 5. The van der Waals surface area contributed by atoms with Crippen molar-refractivity contribution in [3.63, 3.8) is 0 Å². The van der Waals surface area contributed by atoms with Gasteiger partial charge in [-0.25, -0.2) is 4.98 Å². The van der Waals surface area contributed by atoms with Crippen LogP contribution < -0.4 is 5.73 Å². The smallest absolute Gasteiger partial charge is 0.201 e. The molecule has 0 aliphatic rings. The Morgan fingerprint density at radius 3 is 2.95 bits per heavy atom. The average molecular weight is 256 g/mol. The van der Waals surface area contributed by atoms with Gasteiger partial charge in [-0.3, -0.25) is 4.68 Å². The topological polar surface area (TPSA) is 74.5 Å². The van der Waals surface area contributed by atoms with Crippen LogP contribution in [-0.4, -0.2) is 24.5 Å². The second kappa shape index (κ2) is 4.72. The third-order valence-electron chi connectivity index (χ3n) is 3.24. The molecule has 98 valence electrons. The van der Waals surface area contributed by atoms with Crippen LogP contribution in [0, 0.1) is 6.92 Å². The molecule has 0 spiro atoms. The number of benzene rings is 1. The molecule has 0 aliphatic heterocycles. The van der Waals surface area contributed by atoms with Crippen molar-refractivity contribution in [1.29, 1.82) is 0 Å². The van der Waals surface area contributed by atoms with Gasteiger partial charge in [-0.1, -0.05) is 17.3 Å². The lowest BCUT2D eigenvalue weighted by atomic mass is 10.2. The zero-order valence-corrected chi connectivity index (χ0v) is 10.8. The van der Waals surface area contributed by atoms with Crippen LogP contribution in [0.1, 0.15) is 12.0 Å². The number of hydrogen-bond donors (Lipinski definition) is 1. The van der Waals surface area contributed by atoms with Crippen molar-refractivity contribution in [2.75, 3.05) is 5.73 Å². The van der Waals surface area contributed by atoms with E-state index in [9.17, 15) is 0 Å². The van der Waals surface area contributed by atoms with Crippen LogP contribution in [0.25, 0.3) is 11.0 Å². The molecule has 19 heavy (non-hydrogen) atoms. The molecule has 3 rings (SSSR count). The quantitative estimate of drug-likeness (QED) is 0.769. The minimum Gasteiger partial charge on any atom is -0.369 e. The lowest BCUT2D eigenvalue weighted by molar-refractivity contribution is 0.521. The van der Waals surface area contributed by atoms with E-state index in [0.717, 1.165) is 30.5 Å². The van der Waals surface area contributed by atoms with Crippen LogP contribution in [0.15, 0.2) is 30.6 Å². The first-order valence-electron chi connectivity index (χ1n) is 6.31. The highest BCUT2D eigenvalue weighted by atomic mass is 15.4. The highest BCUT2D eigenvalue weighted by Gasteiger charge is 2.09. The molecule has 1 aromatic carbocycles. The van der Waals surface area contributed by atoms with E-state index < -0.39 is 0 Å². The highest BCUT2D eigenvalue weighted by Crippen LogP contribution is 2.21. The molecule has 0 unspecified atom stereocenters. The molecule has 2 aromatic heterocycles. The lowest BCUT2D eigenvalue weighted by Gasteiger charge is -2.08. The van der Waals surface area contributed by atoms with E-state index in [1.54, 1.807) is 6.20 Å². The number of aryl methyl sites for hydroxylation is 3. The van der Waals surface area contributed by atoms with Gasteiger partial charge in [0, 0.05) is 19.3 Å². The van der Waals surface area contributed by atoms with E-state index in [1.165, 1.54) is 5.56 Å². The fourth-order valence-electron chi connectivity index (χ4n) is 2.35. The number of imidazole rings is 1. The van der Waals surface area contributed by atoms with Crippen molar-refractivity contribution >= 4 is 17.0 Å². The van der Waals surface area contributed by atoms with Crippen LogP contribution >= 0.6 is 0 Å². The summed E-state index contributed by atoms with van der Waals surface area (Å²) in [7, 11) is 0. The molecule has 0 fully saturated rings. The maximum Gasteiger partial charge on any atom is 0.201 e. The molecule has 0 bridgehead atoms. The molecule has 2 heterocycles. The van der Waals surface area contributed by atoms with Crippen molar-refractivity contribution < 1.29 is 0 Å². The van der Waals surface area contributed by atoms with Gasteiger partial charge >= 0.3 is 0 Å². The Kier molecular flexibility index (Phi) is 2.91. The van der Waals surface area contributed by atoms with Gasteiger partial charge in [0.25, 0.3) is 0 Å². The van der Waals surface area contributed by atoms with Gasteiger partial charge < -0.3 is 10.3 Å². The summed E-state index contributed by atoms with van der Waals surface area (Å²) in [6.45, 7) is 3.73. The van der Waals surface area contributed by atoms with E-state index in [2.05, 4.69) is 32.9 Å². The molecule has 2 N–H and O–H groups in total. The van der Waals surface area contributed by atoms with Crippen LogP contribution in [0.5, 0.6) is 0 Å². The largest absolute Gasteiger partial charge is 0.369 e. The molecule has 0 saturated heterocycles. The van der Waals surface area contributed by atoms with Crippen LogP contribution in [-0.2, 0) is 13.1 Å². The minimum absolute atomic E-state index is 0.572. The number of nitrogens with two attached hydrogens (primary N) is 1. The van der Waals surface area contributed by atoms with E-state index in [0.29, 0.717) is 5.95 Å². The molecule has 6 nitrogen and oxygen atoms in total.